The molecule has 0 aromatic heterocycles. The molecule has 0 bridgehead atoms. The zero-order chi connectivity index (χ0) is 18.9. The van der Waals surface area contributed by atoms with Gasteiger partial charge in [0, 0.05) is 31.5 Å². The van der Waals surface area contributed by atoms with Crippen molar-refractivity contribution in [2.45, 2.75) is 29.7 Å². The molecule has 0 N–H and O–H groups in total. The van der Waals surface area contributed by atoms with E-state index in [9.17, 15) is 14.4 Å². The van der Waals surface area contributed by atoms with Gasteiger partial charge in [-0.15, -0.1) is 11.8 Å². The number of thioether (sulfide) groups is 1. The van der Waals surface area contributed by atoms with Crippen LogP contribution in [0.25, 0.3) is 0 Å². The average Bonchev–Trinajstić information content (AvgIpc) is 2.92. The van der Waals surface area contributed by atoms with Crippen molar-refractivity contribution in [1.29, 1.82) is 0 Å². The van der Waals surface area contributed by atoms with Gasteiger partial charge >= 0.3 is 5.97 Å². The number of hydrogen-bond donors (Lipinski definition) is 0. The first kappa shape index (κ1) is 18.8. The van der Waals surface area contributed by atoms with Gasteiger partial charge in [-0.1, -0.05) is 12.1 Å². The third kappa shape index (κ3) is 2.98. The molecule has 6 nitrogen and oxygen atoms in total. The smallest absolute Gasteiger partial charge is 0.311 e. The van der Waals surface area contributed by atoms with Gasteiger partial charge in [-0.2, -0.15) is 0 Å². The molecule has 140 valence electrons. The lowest BCUT2D eigenvalue weighted by atomic mass is 9.77. The number of piperidine rings is 1. The Balaban J connectivity index is 1.78. The Morgan fingerprint density at radius 3 is 2.50 bits per heavy atom. The Morgan fingerprint density at radius 1 is 1.23 bits per heavy atom. The number of likely N-dealkylation sites (tertiary alicyclic amines) is 2. The minimum Gasteiger partial charge on any atom is -0.469 e. The van der Waals surface area contributed by atoms with Crippen LogP contribution < -0.4 is 0 Å². The molecule has 2 aliphatic heterocycles. The normalized spacial score (nSPS) is 22.0. The van der Waals surface area contributed by atoms with Gasteiger partial charge in [-0.3, -0.25) is 14.4 Å². The van der Waals surface area contributed by atoms with Crippen LogP contribution in [0.3, 0.4) is 0 Å². The topological polar surface area (TPSA) is 66.9 Å². The second kappa shape index (κ2) is 7.31. The Hall–Kier alpha value is -2.02. The lowest BCUT2D eigenvalue weighted by Crippen LogP contribution is -2.57. The summed E-state index contributed by atoms with van der Waals surface area (Å²) >= 11 is 1.55. The van der Waals surface area contributed by atoms with Crippen molar-refractivity contribution in [3.8, 4) is 0 Å². The summed E-state index contributed by atoms with van der Waals surface area (Å²) in [6.45, 7) is 1.04. The number of nitrogens with zero attached hydrogens (tertiary/aromatic N) is 2. The summed E-state index contributed by atoms with van der Waals surface area (Å²) in [5.41, 5.74) is 0.163. The summed E-state index contributed by atoms with van der Waals surface area (Å²) in [4.78, 5) is 41.9. The number of ether oxygens (including phenoxy) is 1. The molecule has 0 radical (unpaired) electrons. The zero-order valence-corrected chi connectivity index (χ0v) is 16.2. The summed E-state index contributed by atoms with van der Waals surface area (Å²) < 4.78 is 4.93. The van der Waals surface area contributed by atoms with E-state index < -0.39 is 11.5 Å². The van der Waals surface area contributed by atoms with Crippen LogP contribution in [0.2, 0.25) is 0 Å². The van der Waals surface area contributed by atoms with E-state index in [1.165, 1.54) is 7.11 Å². The van der Waals surface area contributed by atoms with Gasteiger partial charge in [-0.05, 0) is 31.2 Å². The standard InChI is InChI=1S/C19H24N2O4S/c1-20-16(22)12-14(18(24)25-2)19(20)8-10-21(11-9-19)17(23)13-6-4-5-7-15(13)26-3/h4-7,14H,8-12H2,1-3H3. The van der Waals surface area contributed by atoms with Crippen LogP contribution in [0.5, 0.6) is 0 Å². The quantitative estimate of drug-likeness (QED) is 0.597. The molecule has 0 saturated carbocycles. The van der Waals surface area contributed by atoms with Crippen LogP contribution in [0.15, 0.2) is 29.2 Å². The Morgan fingerprint density at radius 2 is 1.88 bits per heavy atom. The van der Waals surface area contributed by atoms with Crippen LogP contribution in [-0.2, 0) is 14.3 Å². The van der Waals surface area contributed by atoms with E-state index in [0.29, 0.717) is 31.5 Å². The molecule has 2 amide bonds. The molecule has 1 atom stereocenters. The van der Waals surface area contributed by atoms with Crippen LogP contribution >= 0.6 is 11.8 Å². The molecule has 2 aliphatic rings. The highest BCUT2D eigenvalue weighted by Gasteiger charge is 2.56. The lowest BCUT2D eigenvalue weighted by Gasteiger charge is -2.45. The second-order valence-corrected chi connectivity index (χ2v) is 7.68. The molecule has 2 heterocycles. The molecule has 1 aromatic rings. The fourth-order valence-corrected chi connectivity index (χ4v) is 4.79. The number of amides is 2. The SMILES string of the molecule is COC(=O)C1CC(=O)N(C)C12CCN(C(=O)c1ccccc1SC)CC2. The fraction of sp³-hybridized carbons (Fsp3) is 0.526. The maximum absolute atomic E-state index is 12.9. The maximum atomic E-state index is 12.9. The molecule has 7 heteroatoms. The van der Waals surface area contributed by atoms with Crippen LogP contribution in [-0.4, -0.2) is 66.6 Å². The number of methoxy groups -OCH3 is 1. The third-order valence-corrected chi connectivity index (χ3v) is 6.60. The predicted octanol–water partition coefficient (Wildman–Crippen LogP) is 2.03. The summed E-state index contributed by atoms with van der Waals surface area (Å²) in [6, 6.07) is 7.59. The predicted molar refractivity (Wildman–Crippen MR) is 99.0 cm³/mol. The molecule has 2 fully saturated rings. The van der Waals surface area contributed by atoms with Gasteiger partial charge in [0.2, 0.25) is 5.91 Å². The number of rotatable bonds is 3. The molecule has 1 unspecified atom stereocenters. The molecule has 1 aromatic carbocycles. The molecule has 0 aliphatic carbocycles. The molecule has 3 rings (SSSR count). The largest absolute Gasteiger partial charge is 0.469 e. The summed E-state index contributed by atoms with van der Waals surface area (Å²) in [6.07, 6.45) is 3.31. The third-order valence-electron chi connectivity index (χ3n) is 5.81. The number of benzene rings is 1. The van der Waals surface area contributed by atoms with Crippen molar-refractivity contribution in [2.75, 3.05) is 33.5 Å². The average molecular weight is 376 g/mol. The van der Waals surface area contributed by atoms with E-state index in [2.05, 4.69) is 0 Å². The highest BCUT2D eigenvalue weighted by atomic mass is 32.2. The van der Waals surface area contributed by atoms with Crippen LogP contribution in [0, 0.1) is 5.92 Å². The molecular formula is C19H24N2O4S. The Labute approximate surface area is 157 Å². The minimum absolute atomic E-state index is 0.00592. The van der Waals surface area contributed by atoms with E-state index in [0.717, 1.165) is 4.90 Å². The Kier molecular flexibility index (Phi) is 5.27. The number of carbonyl (C=O) groups excluding carboxylic acids is 3. The molecular weight excluding hydrogens is 352 g/mol. The first-order valence-electron chi connectivity index (χ1n) is 8.71. The van der Waals surface area contributed by atoms with Gasteiger partial charge in [-0.25, -0.2) is 0 Å². The minimum atomic E-state index is -0.542. The first-order chi connectivity index (χ1) is 12.4. The number of esters is 1. The van der Waals surface area contributed by atoms with Crippen molar-refractivity contribution in [2.24, 2.45) is 5.92 Å². The Bertz CT molecular complexity index is 728. The van der Waals surface area contributed by atoms with E-state index in [-0.39, 0.29) is 24.2 Å². The summed E-state index contributed by atoms with van der Waals surface area (Å²) in [5, 5.41) is 0. The van der Waals surface area contributed by atoms with E-state index in [4.69, 9.17) is 4.74 Å². The van der Waals surface area contributed by atoms with Gasteiger partial charge in [0.15, 0.2) is 0 Å². The van der Waals surface area contributed by atoms with Crippen molar-refractivity contribution in [3.63, 3.8) is 0 Å². The van der Waals surface area contributed by atoms with Crippen molar-refractivity contribution >= 4 is 29.5 Å². The molecule has 2 saturated heterocycles. The van der Waals surface area contributed by atoms with Gasteiger partial charge in [0.05, 0.1) is 24.1 Å². The monoisotopic (exact) mass is 376 g/mol. The zero-order valence-electron chi connectivity index (χ0n) is 15.4. The summed E-state index contributed by atoms with van der Waals surface area (Å²) in [7, 11) is 3.11. The summed E-state index contributed by atoms with van der Waals surface area (Å²) in [5.74, 6) is -0.824. The first-order valence-corrected chi connectivity index (χ1v) is 9.94. The fourth-order valence-electron chi connectivity index (χ4n) is 4.20. The van der Waals surface area contributed by atoms with Gasteiger partial charge in [0.1, 0.15) is 0 Å². The van der Waals surface area contributed by atoms with E-state index >= 15 is 0 Å². The van der Waals surface area contributed by atoms with Gasteiger partial charge < -0.3 is 14.5 Å². The second-order valence-electron chi connectivity index (χ2n) is 6.83. The maximum Gasteiger partial charge on any atom is 0.311 e. The number of hydrogen-bond acceptors (Lipinski definition) is 5. The van der Waals surface area contributed by atoms with Crippen LogP contribution in [0.4, 0.5) is 0 Å². The van der Waals surface area contributed by atoms with Crippen LogP contribution in [0.1, 0.15) is 29.6 Å². The molecule has 1 spiro atoms. The van der Waals surface area contributed by atoms with Crippen molar-refractivity contribution in [3.05, 3.63) is 29.8 Å². The van der Waals surface area contributed by atoms with E-state index in [1.54, 1.807) is 23.7 Å². The van der Waals surface area contributed by atoms with E-state index in [1.807, 2.05) is 35.4 Å². The number of carbonyl (C=O) groups is 3. The lowest BCUT2D eigenvalue weighted by molar-refractivity contribution is -0.149. The highest BCUT2D eigenvalue weighted by Crippen LogP contribution is 2.43. The van der Waals surface area contributed by atoms with Crippen molar-refractivity contribution in [1.82, 2.24) is 9.80 Å². The van der Waals surface area contributed by atoms with Gasteiger partial charge in [0.25, 0.3) is 5.91 Å². The van der Waals surface area contributed by atoms with Crippen molar-refractivity contribution < 1.29 is 19.1 Å². The highest BCUT2D eigenvalue weighted by molar-refractivity contribution is 7.98. The molecule has 26 heavy (non-hydrogen) atoms.